The number of hydroxylamine groups is 1. The molecule has 0 aromatic rings. The molecule has 1 rings (SSSR count). The van der Waals surface area contributed by atoms with Gasteiger partial charge in [-0.3, -0.25) is 4.84 Å². The number of hydrogen-bond acceptors (Lipinski definition) is 3. The minimum absolute atomic E-state index is 0.468. The Balaban J connectivity index is 1.96. The molecule has 1 aliphatic rings. The lowest BCUT2D eigenvalue weighted by molar-refractivity contribution is -0.00910. The molecule has 0 aromatic carbocycles. The van der Waals surface area contributed by atoms with E-state index in [1.165, 1.54) is 12.8 Å². The molecule has 0 unspecified atom stereocenters. The second-order valence-corrected chi connectivity index (χ2v) is 4.68. The first-order chi connectivity index (χ1) is 6.47. The van der Waals surface area contributed by atoms with Gasteiger partial charge in [0.05, 0.1) is 6.61 Å². The third-order valence-corrected chi connectivity index (χ3v) is 1.88. The highest BCUT2D eigenvalue weighted by atomic mass is 16.7. The van der Waals surface area contributed by atoms with E-state index in [2.05, 4.69) is 5.48 Å². The van der Waals surface area contributed by atoms with Gasteiger partial charge in [-0.1, -0.05) is 12.8 Å². The van der Waals surface area contributed by atoms with Crippen LogP contribution in [0.15, 0.2) is 0 Å². The molecule has 0 saturated heterocycles. The van der Waals surface area contributed by atoms with Crippen molar-refractivity contribution in [2.24, 2.45) is 5.92 Å². The molecule has 1 aliphatic carbocycles. The Hall–Kier alpha value is -0.770. The summed E-state index contributed by atoms with van der Waals surface area (Å²) < 4.78 is 4.99. The predicted octanol–water partition coefficient (Wildman–Crippen LogP) is 2.24. The van der Waals surface area contributed by atoms with E-state index in [4.69, 9.17) is 9.57 Å². The van der Waals surface area contributed by atoms with Crippen molar-refractivity contribution in [3.8, 4) is 0 Å². The molecule has 1 N–H and O–H groups in total. The first kappa shape index (κ1) is 11.3. The molecule has 1 saturated carbocycles. The summed E-state index contributed by atoms with van der Waals surface area (Å²) in [5, 5.41) is 0. The van der Waals surface area contributed by atoms with Gasteiger partial charge < -0.3 is 4.74 Å². The lowest BCUT2D eigenvalue weighted by atomic mass is 10.2. The maximum atomic E-state index is 11.1. The summed E-state index contributed by atoms with van der Waals surface area (Å²) in [6.07, 6.45) is 3.11. The monoisotopic (exact) mass is 201 g/mol. The normalized spacial score (nSPS) is 16.5. The first-order valence-corrected chi connectivity index (χ1v) is 5.08. The Kier molecular flexibility index (Phi) is 3.75. The Morgan fingerprint density at radius 2 is 2.07 bits per heavy atom. The molecule has 0 radical (unpaired) electrons. The van der Waals surface area contributed by atoms with E-state index in [0.717, 1.165) is 12.3 Å². The average Bonchev–Trinajstić information content (AvgIpc) is 2.77. The highest BCUT2D eigenvalue weighted by Gasteiger charge is 2.21. The Labute approximate surface area is 84.9 Å². The lowest BCUT2D eigenvalue weighted by Crippen LogP contribution is -2.32. The summed E-state index contributed by atoms with van der Waals surface area (Å²) in [6, 6.07) is 0. The van der Waals surface area contributed by atoms with Gasteiger partial charge in [-0.2, -0.15) is 5.48 Å². The van der Waals surface area contributed by atoms with Crippen LogP contribution in [0.2, 0.25) is 0 Å². The van der Waals surface area contributed by atoms with Crippen molar-refractivity contribution in [2.45, 2.75) is 45.6 Å². The van der Waals surface area contributed by atoms with E-state index in [0.29, 0.717) is 6.61 Å². The Morgan fingerprint density at radius 3 is 2.57 bits per heavy atom. The maximum absolute atomic E-state index is 11.1. The number of rotatable bonds is 4. The second kappa shape index (κ2) is 4.64. The second-order valence-electron chi connectivity index (χ2n) is 4.68. The van der Waals surface area contributed by atoms with E-state index >= 15 is 0 Å². The highest BCUT2D eigenvalue weighted by Crippen LogP contribution is 2.31. The van der Waals surface area contributed by atoms with Crippen LogP contribution in [0.25, 0.3) is 0 Å². The fourth-order valence-corrected chi connectivity index (χ4v) is 1.04. The zero-order valence-corrected chi connectivity index (χ0v) is 9.13. The smallest absolute Gasteiger partial charge is 0.431 e. The van der Waals surface area contributed by atoms with E-state index in [9.17, 15) is 4.79 Å². The van der Waals surface area contributed by atoms with Gasteiger partial charge in [0.1, 0.15) is 5.60 Å². The third kappa shape index (κ3) is 5.80. The minimum Gasteiger partial charge on any atom is -0.442 e. The van der Waals surface area contributed by atoms with Gasteiger partial charge in [0.25, 0.3) is 0 Å². The molecular weight excluding hydrogens is 182 g/mol. The molecule has 0 aromatic heterocycles. The van der Waals surface area contributed by atoms with Crippen LogP contribution in [0.4, 0.5) is 4.79 Å². The summed E-state index contributed by atoms with van der Waals surface area (Å²) in [5.41, 5.74) is 1.79. The number of ether oxygens (including phenoxy) is 1. The largest absolute Gasteiger partial charge is 0.442 e. The van der Waals surface area contributed by atoms with E-state index in [-0.39, 0.29) is 0 Å². The van der Waals surface area contributed by atoms with Crippen LogP contribution >= 0.6 is 0 Å². The van der Waals surface area contributed by atoms with Gasteiger partial charge in [0, 0.05) is 0 Å². The molecule has 0 bridgehead atoms. The van der Waals surface area contributed by atoms with Crippen molar-refractivity contribution >= 4 is 6.09 Å². The zero-order chi connectivity index (χ0) is 10.6. The fourth-order valence-electron chi connectivity index (χ4n) is 1.04. The van der Waals surface area contributed by atoms with E-state index < -0.39 is 11.7 Å². The van der Waals surface area contributed by atoms with Crippen LogP contribution in [0.1, 0.15) is 40.0 Å². The van der Waals surface area contributed by atoms with Gasteiger partial charge in [0.2, 0.25) is 0 Å². The topological polar surface area (TPSA) is 47.6 Å². The average molecular weight is 201 g/mol. The van der Waals surface area contributed by atoms with Gasteiger partial charge >= 0.3 is 6.09 Å². The quantitative estimate of drug-likeness (QED) is 0.560. The molecule has 82 valence electrons. The molecule has 0 aliphatic heterocycles. The van der Waals surface area contributed by atoms with Crippen molar-refractivity contribution in [2.75, 3.05) is 6.61 Å². The van der Waals surface area contributed by atoms with Crippen LogP contribution in [0, 0.1) is 5.92 Å². The van der Waals surface area contributed by atoms with Gasteiger partial charge in [-0.15, -0.1) is 0 Å². The van der Waals surface area contributed by atoms with Crippen molar-refractivity contribution in [3.05, 3.63) is 0 Å². The number of hydrogen-bond donors (Lipinski definition) is 1. The predicted molar refractivity (Wildman–Crippen MR) is 52.7 cm³/mol. The number of carbonyl (C=O) groups is 1. The SMILES string of the molecule is CC(C)(C)OC(=O)NOCCC1CC1. The van der Waals surface area contributed by atoms with E-state index in [1.807, 2.05) is 20.8 Å². The van der Waals surface area contributed by atoms with Crippen LogP contribution < -0.4 is 5.48 Å². The number of carbonyl (C=O) groups excluding carboxylic acids is 1. The number of nitrogens with one attached hydrogen (secondary N) is 1. The van der Waals surface area contributed by atoms with Crippen LogP contribution in [-0.2, 0) is 9.57 Å². The summed E-state index contributed by atoms with van der Waals surface area (Å²) in [5.74, 6) is 0.815. The van der Waals surface area contributed by atoms with Crippen LogP contribution in [0.3, 0.4) is 0 Å². The molecule has 1 fully saturated rings. The van der Waals surface area contributed by atoms with Crippen LogP contribution in [-0.4, -0.2) is 18.3 Å². The highest BCUT2D eigenvalue weighted by molar-refractivity contribution is 5.66. The van der Waals surface area contributed by atoms with Gasteiger partial charge in [-0.25, -0.2) is 4.79 Å². The summed E-state index contributed by atoms with van der Waals surface area (Å²) in [7, 11) is 0. The standard InChI is InChI=1S/C10H19NO3/c1-10(2,3)14-9(12)11-13-7-6-8-4-5-8/h8H,4-7H2,1-3H3,(H,11,12). The molecule has 0 spiro atoms. The Morgan fingerprint density at radius 1 is 1.43 bits per heavy atom. The van der Waals surface area contributed by atoms with Crippen molar-refractivity contribution in [1.29, 1.82) is 0 Å². The third-order valence-electron chi connectivity index (χ3n) is 1.88. The lowest BCUT2D eigenvalue weighted by Gasteiger charge is -2.19. The van der Waals surface area contributed by atoms with Gasteiger partial charge in [-0.05, 0) is 33.1 Å². The van der Waals surface area contributed by atoms with Gasteiger partial charge in [0.15, 0.2) is 0 Å². The molecule has 0 atom stereocenters. The molecule has 0 heterocycles. The molecule has 14 heavy (non-hydrogen) atoms. The minimum atomic E-state index is -0.520. The van der Waals surface area contributed by atoms with E-state index in [1.54, 1.807) is 0 Å². The van der Waals surface area contributed by atoms with Crippen molar-refractivity contribution in [3.63, 3.8) is 0 Å². The summed E-state index contributed by atoms with van der Waals surface area (Å²) in [4.78, 5) is 16.0. The zero-order valence-electron chi connectivity index (χ0n) is 9.13. The molecular formula is C10H19NO3. The molecule has 4 heteroatoms. The molecule has 1 amide bonds. The summed E-state index contributed by atoms with van der Waals surface area (Å²) >= 11 is 0. The maximum Gasteiger partial charge on any atom is 0.431 e. The van der Waals surface area contributed by atoms with Crippen LogP contribution in [0.5, 0.6) is 0 Å². The molecule has 4 nitrogen and oxygen atoms in total. The van der Waals surface area contributed by atoms with Crippen molar-refractivity contribution < 1.29 is 14.4 Å². The fraction of sp³-hybridized carbons (Fsp3) is 0.900. The number of amides is 1. The summed E-state index contributed by atoms with van der Waals surface area (Å²) in [6.45, 7) is 6.02. The first-order valence-electron chi connectivity index (χ1n) is 5.08. The Bertz CT molecular complexity index is 194. The van der Waals surface area contributed by atoms with Crippen molar-refractivity contribution in [1.82, 2.24) is 5.48 Å².